The minimum atomic E-state index is -1.26. The lowest BCUT2D eigenvalue weighted by Gasteiger charge is -2.43. The Kier molecular flexibility index (Phi) is 8.22. The number of aromatic nitrogens is 2. The van der Waals surface area contributed by atoms with Gasteiger partial charge in [-0.2, -0.15) is 5.10 Å². The number of amides is 3. The second-order valence-electron chi connectivity index (χ2n) is 10.6. The molecule has 12 heteroatoms. The van der Waals surface area contributed by atoms with Crippen LogP contribution in [0, 0.1) is 11.8 Å². The number of nitrogens with one attached hydrogen (secondary N) is 2. The number of fused-ring (bicyclic) bond motifs is 1. The highest BCUT2D eigenvalue weighted by Crippen LogP contribution is 2.40. The molecule has 1 saturated carbocycles. The molecular weight excluding hydrogens is 516 g/mol. The Bertz CT molecular complexity index is 1260. The second kappa shape index (κ2) is 12.0. The van der Waals surface area contributed by atoms with Crippen molar-refractivity contribution < 1.29 is 29.0 Å². The van der Waals surface area contributed by atoms with Gasteiger partial charge in [-0.3, -0.25) is 9.59 Å². The number of nitrogens with zero attached hydrogens (tertiary/aromatic N) is 4. The van der Waals surface area contributed by atoms with E-state index in [4.69, 9.17) is 14.6 Å². The summed E-state index contributed by atoms with van der Waals surface area (Å²) in [5, 5.41) is 18.3. The number of hydrazone groups is 1. The van der Waals surface area contributed by atoms with Gasteiger partial charge < -0.3 is 29.8 Å². The minimum absolute atomic E-state index is 0.0576. The van der Waals surface area contributed by atoms with Crippen molar-refractivity contribution in [2.75, 3.05) is 27.3 Å². The number of carbonyl (C=O) groups excluding carboxylic acids is 2. The molecule has 1 aliphatic carbocycles. The first-order chi connectivity index (χ1) is 19.4. The maximum Gasteiger partial charge on any atom is 0.405 e. The lowest BCUT2D eigenvalue weighted by molar-refractivity contribution is -0.143. The molecule has 3 N–H and O–H groups in total. The molecule has 12 nitrogen and oxygen atoms in total. The van der Waals surface area contributed by atoms with Gasteiger partial charge in [0.15, 0.2) is 11.5 Å². The molecule has 214 valence electrons. The fraction of sp³-hybridized carbons (Fsp3) is 0.536. The number of rotatable bonds is 8. The van der Waals surface area contributed by atoms with E-state index < -0.39 is 12.1 Å². The number of H-pyrrole nitrogens is 1. The molecule has 5 rings (SSSR count). The van der Waals surface area contributed by atoms with Gasteiger partial charge in [0.1, 0.15) is 6.04 Å². The molecule has 3 heterocycles. The van der Waals surface area contributed by atoms with Crippen LogP contribution in [0.25, 0.3) is 0 Å². The van der Waals surface area contributed by atoms with Crippen molar-refractivity contribution in [3.05, 3.63) is 42.0 Å². The summed E-state index contributed by atoms with van der Waals surface area (Å²) in [4.78, 5) is 47.0. The molecule has 3 atom stereocenters. The van der Waals surface area contributed by atoms with Gasteiger partial charge >= 0.3 is 6.09 Å². The van der Waals surface area contributed by atoms with Gasteiger partial charge in [0.2, 0.25) is 11.8 Å². The summed E-state index contributed by atoms with van der Waals surface area (Å²) in [5.41, 5.74) is 2.41. The number of benzene rings is 1. The SMILES string of the molecule is COc1ccc(C2=NN(C3CCN(C(=O)[C@H](Cc4c[nH]cn4)NC(=O)O)CC3)C(=O)[C@@H]3CCCC[C@H]23)cc1OC. The Labute approximate surface area is 232 Å². The van der Waals surface area contributed by atoms with E-state index in [1.165, 1.54) is 6.33 Å². The number of carboxylic acid groups (broad SMARTS) is 1. The number of imidazole rings is 1. The molecule has 0 spiro atoms. The van der Waals surface area contributed by atoms with Crippen LogP contribution >= 0.6 is 0 Å². The van der Waals surface area contributed by atoms with Crippen molar-refractivity contribution >= 4 is 23.6 Å². The van der Waals surface area contributed by atoms with Crippen molar-refractivity contribution in [3.8, 4) is 11.5 Å². The zero-order valence-corrected chi connectivity index (χ0v) is 22.8. The highest BCUT2D eigenvalue weighted by molar-refractivity contribution is 6.07. The van der Waals surface area contributed by atoms with Crippen molar-refractivity contribution in [1.82, 2.24) is 25.2 Å². The Morgan fingerprint density at radius 1 is 1.10 bits per heavy atom. The first-order valence-electron chi connectivity index (χ1n) is 13.8. The summed E-state index contributed by atoms with van der Waals surface area (Å²) in [6.45, 7) is 0.807. The van der Waals surface area contributed by atoms with Crippen molar-refractivity contribution in [2.24, 2.45) is 16.9 Å². The molecule has 1 aromatic heterocycles. The van der Waals surface area contributed by atoms with Crippen LogP contribution in [-0.4, -0.2) is 88.0 Å². The van der Waals surface area contributed by atoms with Gasteiger partial charge in [-0.25, -0.2) is 14.8 Å². The Morgan fingerprint density at radius 3 is 2.48 bits per heavy atom. The summed E-state index contributed by atoms with van der Waals surface area (Å²) in [5.74, 6) is 0.952. The number of piperidine rings is 1. The topological polar surface area (TPSA) is 149 Å². The maximum atomic E-state index is 13.7. The van der Waals surface area contributed by atoms with E-state index in [9.17, 15) is 19.5 Å². The molecule has 3 amide bonds. The Morgan fingerprint density at radius 2 is 1.82 bits per heavy atom. The van der Waals surface area contributed by atoms with E-state index >= 15 is 0 Å². The van der Waals surface area contributed by atoms with Gasteiger partial charge in [0.25, 0.3) is 0 Å². The lowest BCUT2D eigenvalue weighted by Crippen LogP contribution is -2.55. The van der Waals surface area contributed by atoms with Crippen molar-refractivity contribution in [2.45, 2.75) is 57.0 Å². The predicted molar refractivity (Wildman–Crippen MR) is 145 cm³/mol. The van der Waals surface area contributed by atoms with Crippen LogP contribution in [0.1, 0.15) is 49.8 Å². The van der Waals surface area contributed by atoms with Crippen LogP contribution in [0.15, 0.2) is 35.8 Å². The van der Waals surface area contributed by atoms with E-state index in [0.717, 1.165) is 37.0 Å². The molecule has 2 aliphatic heterocycles. The van der Waals surface area contributed by atoms with Crippen LogP contribution < -0.4 is 14.8 Å². The highest BCUT2D eigenvalue weighted by atomic mass is 16.5. The summed E-state index contributed by atoms with van der Waals surface area (Å²) in [7, 11) is 3.20. The van der Waals surface area contributed by atoms with Gasteiger partial charge in [-0.1, -0.05) is 12.8 Å². The first kappa shape index (κ1) is 27.5. The van der Waals surface area contributed by atoms with Crippen LogP contribution in [0.3, 0.4) is 0 Å². The van der Waals surface area contributed by atoms with Crippen LogP contribution in [-0.2, 0) is 16.0 Å². The quantitative estimate of drug-likeness (QED) is 0.456. The normalized spacial score (nSPS) is 22.2. The minimum Gasteiger partial charge on any atom is -0.493 e. The highest BCUT2D eigenvalue weighted by Gasteiger charge is 2.44. The van der Waals surface area contributed by atoms with Crippen molar-refractivity contribution in [3.63, 3.8) is 0 Å². The fourth-order valence-electron chi connectivity index (χ4n) is 6.20. The van der Waals surface area contributed by atoms with E-state index in [1.807, 2.05) is 18.2 Å². The smallest absolute Gasteiger partial charge is 0.405 e. The molecular formula is C28H36N6O6. The molecule has 40 heavy (non-hydrogen) atoms. The number of ether oxygens (including phenoxy) is 2. The van der Waals surface area contributed by atoms with E-state index in [2.05, 4.69) is 15.3 Å². The lowest BCUT2D eigenvalue weighted by atomic mass is 9.73. The summed E-state index contributed by atoms with van der Waals surface area (Å²) >= 11 is 0. The Hall–Kier alpha value is -4.09. The number of aromatic amines is 1. The van der Waals surface area contributed by atoms with Crippen LogP contribution in [0.4, 0.5) is 4.79 Å². The van der Waals surface area contributed by atoms with Crippen molar-refractivity contribution in [1.29, 1.82) is 0 Å². The first-order valence-corrected chi connectivity index (χ1v) is 13.8. The number of likely N-dealkylation sites (tertiary alicyclic amines) is 1. The molecule has 1 aromatic carbocycles. The summed E-state index contributed by atoms with van der Waals surface area (Å²) in [6.07, 6.45) is 6.96. The van der Waals surface area contributed by atoms with Gasteiger partial charge in [-0.15, -0.1) is 0 Å². The van der Waals surface area contributed by atoms with E-state index in [1.54, 1.807) is 30.3 Å². The molecule has 3 aliphatic rings. The van der Waals surface area contributed by atoms with Gasteiger partial charge in [0, 0.05) is 43.1 Å². The van der Waals surface area contributed by atoms with Crippen LogP contribution in [0.5, 0.6) is 11.5 Å². The molecule has 0 unspecified atom stereocenters. The van der Waals surface area contributed by atoms with Gasteiger partial charge in [-0.05, 0) is 43.9 Å². The fourth-order valence-corrected chi connectivity index (χ4v) is 6.20. The molecule has 2 fully saturated rings. The Balaban J connectivity index is 1.34. The third-order valence-corrected chi connectivity index (χ3v) is 8.24. The predicted octanol–water partition coefficient (Wildman–Crippen LogP) is 2.65. The number of hydrogen-bond acceptors (Lipinski definition) is 7. The standard InChI is InChI=1S/C28H36N6O6/c1-39-23-8-7-17(13-24(23)40-2)25-20-5-3-4-6-21(20)26(35)34(32-25)19-9-11-33(12-10-19)27(36)22(31-28(37)38)14-18-15-29-16-30-18/h7-8,13,15-16,19-22,31H,3-6,9-12,14H2,1-2H3,(H,29,30)(H,37,38)/t20-,21+,22-/m0/s1. The van der Waals surface area contributed by atoms with E-state index in [-0.39, 0.29) is 36.1 Å². The second-order valence-corrected chi connectivity index (χ2v) is 10.6. The summed E-state index contributed by atoms with van der Waals surface area (Å²) in [6, 6.07) is 4.67. The number of carbonyl (C=O) groups is 3. The zero-order valence-electron chi connectivity index (χ0n) is 22.8. The molecule has 1 saturated heterocycles. The maximum absolute atomic E-state index is 13.7. The molecule has 2 aromatic rings. The average molecular weight is 553 g/mol. The average Bonchev–Trinajstić information content (AvgIpc) is 3.49. The molecule has 0 bridgehead atoms. The zero-order chi connectivity index (χ0) is 28.2. The number of hydrogen-bond donors (Lipinski definition) is 3. The third-order valence-electron chi connectivity index (χ3n) is 8.24. The monoisotopic (exact) mass is 552 g/mol. The van der Waals surface area contributed by atoms with Crippen LogP contribution in [0.2, 0.25) is 0 Å². The van der Waals surface area contributed by atoms with Gasteiger partial charge in [0.05, 0.1) is 38.0 Å². The summed E-state index contributed by atoms with van der Waals surface area (Å²) < 4.78 is 10.9. The molecule has 0 radical (unpaired) electrons. The number of methoxy groups -OCH3 is 2. The largest absolute Gasteiger partial charge is 0.493 e. The van der Waals surface area contributed by atoms with E-state index in [0.29, 0.717) is 43.1 Å². The third kappa shape index (κ3) is 5.61.